The van der Waals surface area contributed by atoms with Crippen molar-refractivity contribution in [3.8, 4) is 11.5 Å². The molecule has 1 atom stereocenters. The predicted octanol–water partition coefficient (Wildman–Crippen LogP) is 6.80. The van der Waals surface area contributed by atoms with Gasteiger partial charge in [0.15, 0.2) is 6.29 Å². The van der Waals surface area contributed by atoms with Crippen LogP contribution >= 0.6 is 0 Å². The Morgan fingerprint density at radius 3 is 2.21 bits per heavy atom. The van der Waals surface area contributed by atoms with Gasteiger partial charge in [0.05, 0.1) is 17.6 Å². The molecule has 7 nitrogen and oxygen atoms in total. The van der Waals surface area contributed by atoms with Gasteiger partial charge in [0, 0.05) is 19.8 Å². The average Bonchev–Trinajstić information content (AvgIpc) is 2.97. The largest absolute Gasteiger partial charge is 0.426 e. The Hall–Kier alpha value is -2.74. The molecule has 1 saturated carbocycles. The average molecular weight is 539 g/mol. The summed E-state index contributed by atoms with van der Waals surface area (Å²) in [6, 6.07) is 13.9. The molecule has 0 radical (unpaired) electrons. The molecule has 7 heteroatoms. The van der Waals surface area contributed by atoms with Crippen LogP contribution < -0.4 is 9.47 Å². The van der Waals surface area contributed by atoms with Gasteiger partial charge in [0.25, 0.3) is 0 Å². The Morgan fingerprint density at radius 2 is 1.51 bits per heavy atom. The van der Waals surface area contributed by atoms with Crippen molar-refractivity contribution in [1.29, 1.82) is 0 Å². The minimum atomic E-state index is -0.445. The number of rotatable bonds is 13. The lowest BCUT2D eigenvalue weighted by Gasteiger charge is -2.27. The lowest BCUT2D eigenvalue weighted by atomic mass is 9.87. The summed E-state index contributed by atoms with van der Waals surface area (Å²) in [4.78, 5) is 25.1. The van der Waals surface area contributed by atoms with Gasteiger partial charge in [0.1, 0.15) is 11.5 Å². The van der Waals surface area contributed by atoms with E-state index in [9.17, 15) is 9.59 Å². The second-order valence-corrected chi connectivity index (χ2v) is 10.5. The highest BCUT2D eigenvalue weighted by molar-refractivity contribution is 5.91. The van der Waals surface area contributed by atoms with Gasteiger partial charge in [0.2, 0.25) is 0 Å². The van der Waals surface area contributed by atoms with E-state index in [1.54, 1.807) is 30.3 Å². The van der Waals surface area contributed by atoms with E-state index < -0.39 is 5.97 Å². The zero-order valence-electron chi connectivity index (χ0n) is 23.1. The van der Waals surface area contributed by atoms with Gasteiger partial charge in [-0.05, 0) is 101 Å². The normalized spacial score (nSPS) is 21.3. The molecular weight excluding hydrogens is 496 g/mol. The van der Waals surface area contributed by atoms with Crippen LogP contribution in [0.5, 0.6) is 11.5 Å². The highest BCUT2D eigenvalue weighted by atomic mass is 16.7. The number of hydrogen-bond donors (Lipinski definition) is 0. The van der Waals surface area contributed by atoms with Crippen molar-refractivity contribution in [3.63, 3.8) is 0 Å². The molecule has 2 aliphatic rings. The minimum Gasteiger partial charge on any atom is -0.426 e. The first kappa shape index (κ1) is 29.2. The summed E-state index contributed by atoms with van der Waals surface area (Å²) in [6.45, 7) is 4.26. The smallest absolute Gasteiger partial charge is 0.343 e. The first-order valence-electron chi connectivity index (χ1n) is 14.5. The second-order valence-electron chi connectivity index (χ2n) is 10.5. The summed E-state index contributed by atoms with van der Waals surface area (Å²) in [6.07, 6.45) is 11.3. The maximum atomic E-state index is 12.7. The van der Waals surface area contributed by atoms with E-state index in [1.165, 1.54) is 6.42 Å². The van der Waals surface area contributed by atoms with Gasteiger partial charge in [-0.3, -0.25) is 4.79 Å². The molecule has 0 aromatic heterocycles. The summed E-state index contributed by atoms with van der Waals surface area (Å²) >= 11 is 0. The fraction of sp³-hybridized carbons (Fsp3) is 0.562. The van der Waals surface area contributed by atoms with Crippen molar-refractivity contribution in [3.05, 3.63) is 59.7 Å². The zero-order valence-corrected chi connectivity index (χ0v) is 23.1. The molecule has 2 aromatic carbocycles. The van der Waals surface area contributed by atoms with Gasteiger partial charge in [-0.15, -0.1) is 0 Å². The highest BCUT2D eigenvalue weighted by Gasteiger charge is 2.28. The van der Waals surface area contributed by atoms with Crippen LogP contribution in [0.3, 0.4) is 0 Å². The maximum Gasteiger partial charge on any atom is 0.343 e. The number of unbranched alkanes of at least 4 members (excludes halogenated alkanes) is 3. The second kappa shape index (κ2) is 15.8. The molecule has 1 aliphatic carbocycles. The summed E-state index contributed by atoms with van der Waals surface area (Å²) in [5.74, 6) is 0.179. The topological polar surface area (TPSA) is 80.3 Å². The molecule has 2 aromatic rings. The number of carbonyl (C=O) groups is 2. The molecule has 212 valence electrons. The number of aryl methyl sites for hydroxylation is 1. The summed E-state index contributed by atoms with van der Waals surface area (Å²) < 4.78 is 28.5. The first-order chi connectivity index (χ1) is 19.1. The van der Waals surface area contributed by atoms with Crippen LogP contribution in [0.1, 0.15) is 86.6 Å². The molecule has 1 saturated heterocycles. The van der Waals surface area contributed by atoms with Gasteiger partial charge >= 0.3 is 11.9 Å². The molecule has 1 unspecified atom stereocenters. The maximum absolute atomic E-state index is 12.7. The van der Waals surface area contributed by atoms with Crippen LogP contribution in [0.2, 0.25) is 0 Å². The van der Waals surface area contributed by atoms with E-state index in [0.717, 1.165) is 89.6 Å². The van der Waals surface area contributed by atoms with Gasteiger partial charge < -0.3 is 23.7 Å². The third-order valence-corrected chi connectivity index (χ3v) is 7.45. The number of esters is 2. The van der Waals surface area contributed by atoms with Crippen LogP contribution in [-0.2, 0) is 19.0 Å². The van der Waals surface area contributed by atoms with Gasteiger partial charge in [-0.2, -0.15) is 0 Å². The molecule has 1 heterocycles. The first-order valence-corrected chi connectivity index (χ1v) is 14.5. The number of benzene rings is 2. The van der Waals surface area contributed by atoms with E-state index in [2.05, 4.69) is 0 Å². The number of ether oxygens (including phenoxy) is 5. The quantitative estimate of drug-likeness (QED) is 0.158. The summed E-state index contributed by atoms with van der Waals surface area (Å²) in [7, 11) is 0. The van der Waals surface area contributed by atoms with Crippen LogP contribution in [0.25, 0.3) is 0 Å². The Bertz CT molecular complexity index is 1020. The van der Waals surface area contributed by atoms with Crippen molar-refractivity contribution in [2.45, 2.75) is 89.9 Å². The van der Waals surface area contributed by atoms with Crippen molar-refractivity contribution < 1.29 is 33.3 Å². The Morgan fingerprint density at radius 1 is 0.795 bits per heavy atom. The molecule has 0 bridgehead atoms. The zero-order chi connectivity index (χ0) is 27.3. The number of para-hydroxylation sites is 1. The van der Waals surface area contributed by atoms with E-state index in [-0.39, 0.29) is 24.3 Å². The van der Waals surface area contributed by atoms with E-state index >= 15 is 0 Å². The van der Waals surface area contributed by atoms with Gasteiger partial charge in [-0.1, -0.05) is 31.0 Å². The fourth-order valence-corrected chi connectivity index (χ4v) is 5.02. The molecule has 0 spiro atoms. The SMILES string of the molecule is Cc1ccccc1OC(=O)c1ccc(OC(=O)C2CCC(OCCCCCCOC3CCCCO3)CC2)cc1. The Labute approximate surface area is 232 Å². The van der Waals surface area contributed by atoms with Crippen molar-refractivity contribution in [2.24, 2.45) is 5.92 Å². The Balaban J connectivity index is 1.06. The van der Waals surface area contributed by atoms with E-state index in [0.29, 0.717) is 17.1 Å². The monoisotopic (exact) mass is 538 g/mol. The molecule has 39 heavy (non-hydrogen) atoms. The molecule has 0 amide bonds. The number of hydrogen-bond acceptors (Lipinski definition) is 7. The molecule has 4 rings (SSSR count). The standard InChI is InChI=1S/C32H42O7/c1-24-10-4-5-11-29(24)39-32(34)26-15-19-28(20-16-26)38-31(33)25-13-17-27(18-14-25)35-21-7-2-3-8-22-36-30-12-6-9-23-37-30/h4-5,10-11,15-16,19-20,25,27,30H,2-3,6-9,12-14,17-18,21-23H2,1H3. The van der Waals surface area contributed by atoms with Crippen molar-refractivity contribution >= 4 is 11.9 Å². The summed E-state index contributed by atoms with van der Waals surface area (Å²) in [5.41, 5.74) is 1.29. The van der Waals surface area contributed by atoms with Gasteiger partial charge in [-0.25, -0.2) is 4.79 Å². The van der Waals surface area contributed by atoms with E-state index in [4.69, 9.17) is 23.7 Å². The lowest BCUT2D eigenvalue weighted by molar-refractivity contribution is -0.162. The fourth-order valence-electron chi connectivity index (χ4n) is 5.02. The van der Waals surface area contributed by atoms with Crippen LogP contribution in [0.15, 0.2) is 48.5 Å². The summed E-state index contributed by atoms with van der Waals surface area (Å²) in [5, 5.41) is 0. The highest BCUT2D eigenvalue weighted by Crippen LogP contribution is 2.28. The lowest BCUT2D eigenvalue weighted by Crippen LogP contribution is -2.29. The Kier molecular flexibility index (Phi) is 11.8. The van der Waals surface area contributed by atoms with Crippen LogP contribution in [0.4, 0.5) is 0 Å². The van der Waals surface area contributed by atoms with Crippen LogP contribution in [-0.4, -0.2) is 44.2 Å². The molecule has 1 aliphatic heterocycles. The van der Waals surface area contributed by atoms with E-state index in [1.807, 2.05) is 25.1 Å². The molecule has 2 fully saturated rings. The number of carbonyl (C=O) groups excluding carboxylic acids is 2. The van der Waals surface area contributed by atoms with Crippen LogP contribution in [0, 0.1) is 12.8 Å². The molecular formula is C32H42O7. The predicted molar refractivity (Wildman–Crippen MR) is 148 cm³/mol. The minimum absolute atomic E-state index is 0.00964. The third-order valence-electron chi connectivity index (χ3n) is 7.45. The van der Waals surface area contributed by atoms with Crippen molar-refractivity contribution in [1.82, 2.24) is 0 Å². The molecule has 0 N–H and O–H groups in total. The third kappa shape index (κ3) is 9.75. The van der Waals surface area contributed by atoms with Crippen molar-refractivity contribution in [2.75, 3.05) is 19.8 Å².